The van der Waals surface area contributed by atoms with Gasteiger partial charge in [-0.05, 0) is 17.7 Å². The normalized spacial score (nSPS) is 33.7. The van der Waals surface area contributed by atoms with Gasteiger partial charge in [0.15, 0.2) is 0 Å². The van der Waals surface area contributed by atoms with Crippen LogP contribution in [0.3, 0.4) is 0 Å². The molecule has 4 N–H and O–H groups in total. The molecule has 5 atom stereocenters. The summed E-state index contributed by atoms with van der Waals surface area (Å²) < 4.78 is 10.7. The van der Waals surface area contributed by atoms with Gasteiger partial charge in [-0.3, -0.25) is 0 Å². The zero-order valence-electron chi connectivity index (χ0n) is 10.8. The second-order valence-corrected chi connectivity index (χ2v) is 4.59. The van der Waals surface area contributed by atoms with Gasteiger partial charge < -0.3 is 29.9 Å². The Morgan fingerprint density at radius 3 is 2.30 bits per heavy atom. The highest BCUT2D eigenvalue weighted by Gasteiger charge is 2.44. The van der Waals surface area contributed by atoms with E-state index in [9.17, 15) is 15.3 Å². The van der Waals surface area contributed by atoms with Crippen molar-refractivity contribution < 1.29 is 29.9 Å². The Balaban J connectivity index is 2.08. The van der Waals surface area contributed by atoms with E-state index in [4.69, 9.17) is 14.6 Å². The van der Waals surface area contributed by atoms with Crippen molar-refractivity contribution in [2.24, 2.45) is 0 Å². The summed E-state index contributed by atoms with van der Waals surface area (Å²) >= 11 is 0. The third-order valence-corrected chi connectivity index (χ3v) is 3.22. The van der Waals surface area contributed by atoms with Gasteiger partial charge in [0.1, 0.15) is 30.2 Å². The summed E-state index contributed by atoms with van der Waals surface area (Å²) in [5, 5.41) is 38.2. The fourth-order valence-corrected chi connectivity index (χ4v) is 1.98. The first-order valence-corrected chi connectivity index (χ1v) is 6.26. The molecule has 1 saturated heterocycles. The molecule has 0 radical (unpaired) electrons. The minimum atomic E-state index is -1.45. The molecule has 6 nitrogen and oxygen atoms in total. The van der Waals surface area contributed by atoms with Crippen molar-refractivity contribution in [1.29, 1.82) is 0 Å². The first kappa shape index (κ1) is 15.0. The molecule has 1 aliphatic rings. The summed E-state index contributed by atoms with van der Waals surface area (Å²) in [7, 11) is 0. The molecule has 0 aliphatic carbocycles. The third kappa shape index (κ3) is 3.00. The van der Waals surface area contributed by atoms with Crippen LogP contribution in [0.4, 0.5) is 0 Å². The summed E-state index contributed by atoms with van der Waals surface area (Å²) in [6.45, 7) is 3.15. The van der Waals surface area contributed by atoms with Crippen LogP contribution < -0.4 is 4.74 Å². The zero-order valence-corrected chi connectivity index (χ0v) is 10.8. The van der Waals surface area contributed by atoms with Crippen LogP contribution in [-0.4, -0.2) is 57.7 Å². The van der Waals surface area contributed by atoms with E-state index in [1.165, 1.54) is 0 Å². The summed E-state index contributed by atoms with van der Waals surface area (Å²) in [4.78, 5) is 0. The number of rotatable bonds is 4. The molecule has 1 aliphatic heterocycles. The van der Waals surface area contributed by atoms with E-state index in [-0.39, 0.29) is 0 Å². The maximum absolute atomic E-state index is 9.83. The largest absolute Gasteiger partial charge is 0.462 e. The van der Waals surface area contributed by atoms with Gasteiger partial charge in [0.2, 0.25) is 6.29 Å². The Hall–Kier alpha value is -1.44. The molecule has 20 heavy (non-hydrogen) atoms. The highest BCUT2D eigenvalue weighted by molar-refractivity contribution is 5.48. The number of hydrogen-bond acceptors (Lipinski definition) is 6. The summed E-state index contributed by atoms with van der Waals surface area (Å²) in [6.07, 6.45) is -4.72. The lowest BCUT2D eigenvalue weighted by Gasteiger charge is -2.39. The molecule has 0 aromatic heterocycles. The summed E-state index contributed by atoms with van der Waals surface area (Å²) in [5.41, 5.74) is 0.908. The predicted molar refractivity (Wildman–Crippen MR) is 70.9 cm³/mol. The molecular formula is C14H18O6. The SMILES string of the molecule is C=Cc1ccc(O[C@@H]2O[C@H](CO)[C@@H](O)[C@H](O)[C@H]2O)cc1. The number of aliphatic hydroxyl groups is 4. The number of ether oxygens (including phenoxy) is 2. The molecule has 0 saturated carbocycles. The predicted octanol–water partition coefficient (Wildman–Crippen LogP) is -0.492. The number of benzene rings is 1. The molecule has 0 spiro atoms. The maximum Gasteiger partial charge on any atom is 0.229 e. The fourth-order valence-electron chi connectivity index (χ4n) is 1.98. The molecule has 6 heteroatoms. The lowest BCUT2D eigenvalue weighted by molar-refractivity contribution is -0.277. The van der Waals surface area contributed by atoms with Gasteiger partial charge in [-0.15, -0.1) is 0 Å². The fraction of sp³-hybridized carbons (Fsp3) is 0.429. The average Bonchev–Trinajstić information content (AvgIpc) is 2.48. The van der Waals surface area contributed by atoms with Crippen LogP contribution in [0.1, 0.15) is 5.56 Å². The van der Waals surface area contributed by atoms with Crippen molar-refractivity contribution in [3.63, 3.8) is 0 Å². The first-order valence-electron chi connectivity index (χ1n) is 6.26. The van der Waals surface area contributed by atoms with E-state index >= 15 is 0 Å². The molecule has 0 bridgehead atoms. The van der Waals surface area contributed by atoms with Gasteiger partial charge >= 0.3 is 0 Å². The Labute approximate surface area is 116 Å². The molecule has 2 rings (SSSR count). The molecule has 1 aromatic rings. The van der Waals surface area contributed by atoms with Gasteiger partial charge in [0, 0.05) is 0 Å². The van der Waals surface area contributed by atoms with Crippen molar-refractivity contribution in [1.82, 2.24) is 0 Å². The van der Waals surface area contributed by atoms with Crippen LogP contribution in [0.25, 0.3) is 6.08 Å². The van der Waals surface area contributed by atoms with E-state index in [0.717, 1.165) is 5.56 Å². The van der Waals surface area contributed by atoms with Crippen molar-refractivity contribution in [2.75, 3.05) is 6.61 Å². The van der Waals surface area contributed by atoms with Crippen LogP contribution in [0.2, 0.25) is 0 Å². The smallest absolute Gasteiger partial charge is 0.229 e. The highest BCUT2D eigenvalue weighted by atomic mass is 16.7. The quantitative estimate of drug-likeness (QED) is 0.594. The molecule has 1 heterocycles. The molecule has 110 valence electrons. The molecule has 1 fully saturated rings. The standard InChI is InChI=1S/C14H18O6/c1-2-8-3-5-9(6-4-8)19-14-13(18)12(17)11(16)10(7-15)20-14/h2-6,10-18H,1,7H2/t10-,11-,12+,13-,14-/m1/s1. The van der Waals surface area contributed by atoms with Crippen LogP contribution >= 0.6 is 0 Å². The Kier molecular flexibility index (Phi) is 4.74. The monoisotopic (exact) mass is 282 g/mol. The minimum Gasteiger partial charge on any atom is -0.462 e. The van der Waals surface area contributed by atoms with Gasteiger partial charge in [-0.25, -0.2) is 0 Å². The van der Waals surface area contributed by atoms with Crippen LogP contribution in [-0.2, 0) is 4.74 Å². The first-order chi connectivity index (χ1) is 9.56. The van der Waals surface area contributed by atoms with Crippen molar-refractivity contribution in [3.05, 3.63) is 36.4 Å². The molecule has 0 unspecified atom stereocenters. The Bertz CT molecular complexity index is 443. The van der Waals surface area contributed by atoms with E-state index in [1.807, 2.05) is 0 Å². The van der Waals surface area contributed by atoms with E-state index in [1.54, 1.807) is 30.3 Å². The van der Waals surface area contributed by atoms with E-state index in [0.29, 0.717) is 5.75 Å². The van der Waals surface area contributed by atoms with Crippen molar-refractivity contribution >= 4 is 6.08 Å². The zero-order chi connectivity index (χ0) is 14.7. The van der Waals surface area contributed by atoms with Crippen LogP contribution in [0.5, 0.6) is 5.75 Å². The molecule has 0 amide bonds. The lowest BCUT2D eigenvalue weighted by Crippen LogP contribution is -2.60. The van der Waals surface area contributed by atoms with E-state index in [2.05, 4.69) is 6.58 Å². The van der Waals surface area contributed by atoms with Crippen molar-refractivity contribution in [3.8, 4) is 5.75 Å². The summed E-state index contributed by atoms with van der Waals surface area (Å²) in [6, 6.07) is 6.87. The Morgan fingerprint density at radius 1 is 1.10 bits per heavy atom. The molecular weight excluding hydrogens is 264 g/mol. The Morgan fingerprint density at radius 2 is 1.75 bits per heavy atom. The minimum absolute atomic E-state index is 0.430. The highest BCUT2D eigenvalue weighted by Crippen LogP contribution is 2.24. The number of aliphatic hydroxyl groups excluding tert-OH is 4. The third-order valence-electron chi connectivity index (χ3n) is 3.22. The second-order valence-electron chi connectivity index (χ2n) is 4.59. The lowest BCUT2D eigenvalue weighted by atomic mass is 9.99. The van der Waals surface area contributed by atoms with Gasteiger partial charge in [0.05, 0.1) is 6.61 Å². The van der Waals surface area contributed by atoms with Crippen molar-refractivity contribution in [2.45, 2.75) is 30.7 Å². The van der Waals surface area contributed by atoms with Crippen LogP contribution in [0, 0.1) is 0 Å². The van der Waals surface area contributed by atoms with Crippen LogP contribution in [0.15, 0.2) is 30.8 Å². The van der Waals surface area contributed by atoms with Gasteiger partial charge in [-0.1, -0.05) is 24.8 Å². The van der Waals surface area contributed by atoms with Gasteiger partial charge in [-0.2, -0.15) is 0 Å². The summed E-state index contributed by atoms with van der Waals surface area (Å²) in [5.74, 6) is 0.430. The maximum atomic E-state index is 9.83. The van der Waals surface area contributed by atoms with Gasteiger partial charge in [0.25, 0.3) is 0 Å². The second kappa shape index (κ2) is 6.34. The van der Waals surface area contributed by atoms with E-state index < -0.39 is 37.3 Å². The number of hydrogen-bond donors (Lipinski definition) is 4. The average molecular weight is 282 g/mol. The topological polar surface area (TPSA) is 99.4 Å². The molecule has 1 aromatic carbocycles.